The molecule has 2 aliphatic rings. The molecule has 1 saturated heterocycles. The lowest BCUT2D eigenvalue weighted by molar-refractivity contribution is 0.0918. The molecule has 11 nitrogen and oxygen atoms in total. The monoisotopic (exact) mass is 490 g/mol. The van der Waals surface area contributed by atoms with Crippen molar-refractivity contribution < 1.29 is 14.7 Å². The van der Waals surface area contributed by atoms with Gasteiger partial charge in [-0.25, -0.2) is 9.97 Å². The largest absolute Gasteiger partial charge is 0.396 e. The number of primary amides is 1. The average molecular weight is 491 g/mol. The molecule has 36 heavy (non-hydrogen) atoms. The highest BCUT2D eigenvalue weighted by Gasteiger charge is 2.30. The van der Waals surface area contributed by atoms with Gasteiger partial charge in [0.05, 0.1) is 18.1 Å². The van der Waals surface area contributed by atoms with Gasteiger partial charge in [-0.15, -0.1) is 0 Å². The highest BCUT2D eigenvalue weighted by atomic mass is 16.3. The number of nitrogens with two attached hydrogens (primary N) is 1. The third kappa shape index (κ3) is 5.30. The molecule has 0 bridgehead atoms. The lowest BCUT2D eigenvalue weighted by Crippen LogP contribution is -2.52. The van der Waals surface area contributed by atoms with Crippen molar-refractivity contribution in [3.63, 3.8) is 0 Å². The van der Waals surface area contributed by atoms with Crippen molar-refractivity contribution in [1.29, 1.82) is 0 Å². The number of piperidine rings is 1. The highest BCUT2D eigenvalue weighted by Crippen LogP contribution is 2.39. The Balaban J connectivity index is 1.33. The molecule has 3 aromatic rings. The summed E-state index contributed by atoms with van der Waals surface area (Å²) in [5.74, 6) is 0.459. The molecule has 3 heterocycles. The summed E-state index contributed by atoms with van der Waals surface area (Å²) in [6.45, 7) is 1.00. The van der Waals surface area contributed by atoms with Crippen LogP contribution in [0.3, 0.4) is 0 Å². The minimum Gasteiger partial charge on any atom is -0.396 e. The van der Waals surface area contributed by atoms with E-state index < -0.39 is 5.91 Å². The number of aryl methyl sites for hydroxylation is 1. The highest BCUT2D eigenvalue weighted by molar-refractivity contribution is 5.96. The van der Waals surface area contributed by atoms with Crippen LogP contribution in [0.4, 0.5) is 17.3 Å². The van der Waals surface area contributed by atoms with Gasteiger partial charge in [0, 0.05) is 50.5 Å². The Labute approximate surface area is 208 Å². The van der Waals surface area contributed by atoms with Gasteiger partial charge in [-0.2, -0.15) is 5.10 Å². The molecular formula is C25H30N8O3. The van der Waals surface area contributed by atoms with E-state index in [0.717, 1.165) is 0 Å². The van der Waals surface area contributed by atoms with E-state index in [-0.39, 0.29) is 36.0 Å². The summed E-state index contributed by atoms with van der Waals surface area (Å²) < 4.78 is 1.62. The fourth-order valence-corrected chi connectivity index (χ4v) is 4.64. The van der Waals surface area contributed by atoms with Gasteiger partial charge in [0.25, 0.3) is 11.8 Å². The topological polar surface area (TPSA) is 151 Å². The van der Waals surface area contributed by atoms with Crippen molar-refractivity contribution in [2.45, 2.75) is 31.2 Å². The van der Waals surface area contributed by atoms with Crippen molar-refractivity contribution in [2.75, 3.05) is 29.9 Å². The number of nitrogens with one attached hydrogen (secondary N) is 2. The van der Waals surface area contributed by atoms with Gasteiger partial charge in [-0.3, -0.25) is 14.3 Å². The van der Waals surface area contributed by atoms with E-state index in [1.54, 1.807) is 24.1 Å². The van der Waals surface area contributed by atoms with E-state index in [4.69, 9.17) is 5.73 Å². The normalized spacial score (nSPS) is 19.7. The second kappa shape index (κ2) is 9.94. The van der Waals surface area contributed by atoms with Gasteiger partial charge in [0.15, 0.2) is 11.5 Å². The SMILES string of the molecule is Cn1cc(Nc2nc(N3C[C@@H](CO)C[C@@H](NC(=O)c4ccc(C5CC5)cc4)C3)cnc2C(N)=O)cn1. The molecule has 2 aromatic heterocycles. The van der Waals surface area contributed by atoms with Gasteiger partial charge in [0.2, 0.25) is 0 Å². The van der Waals surface area contributed by atoms with Crippen LogP contribution in [0.1, 0.15) is 51.6 Å². The van der Waals surface area contributed by atoms with E-state index in [2.05, 4.69) is 25.7 Å². The molecule has 5 N–H and O–H groups in total. The zero-order valence-corrected chi connectivity index (χ0v) is 20.1. The molecule has 2 fully saturated rings. The minimum absolute atomic E-state index is 0.0119. The number of nitrogens with zero attached hydrogens (tertiary/aromatic N) is 5. The summed E-state index contributed by atoms with van der Waals surface area (Å²) >= 11 is 0. The molecule has 1 saturated carbocycles. The summed E-state index contributed by atoms with van der Waals surface area (Å²) in [6.07, 6.45) is 7.91. The van der Waals surface area contributed by atoms with E-state index in [1.165, 1.54) is 24.6 Å². The Bertz CT molecular complexity index is 1250. The maximum Gasteiger partial charge on any atom is 0.271 e. The first kappa shape index (κ1) is 23.7. The van der Waals surface area contributed by atoms with Gasteiger partial charge in [0.1, 0.15) is 5.82 Å². The quantitative estimate of drug-likeness (QED) is 0.371. The smallest absolute Gasteiger partial charge is 0.271 e. The van der Waals surface area contributed by atoms with E-state index in [9.17, 15) is 14.7 Å². The number of hydrogen-bond acceptors (Lipinski definition) is 8. The fourth-order valence-electron chi connectivity index (χ4n) is 4.64. The van der Waals surface area contributed by atoms with Crippen molar-refractivity contribution in [2.24, 2.45) is 18.7 Å². The fraction of sp³-hybridized carbons (Fsp3) is 0.400. The lowest BCUT2D eigenvalue weighted by Gasteiger charge is -2.38. The predicted molar refractivity (Wildman–Crippen MR) is 134 cm³/mol. The predicted octanol–water partition coefficient (Wildman–Crippen LogP) is 1.55. The van der Waals surface area contributed by atoms with Crippen molar-refractivity contribution in [3.8, 4) is 0 Å². The molecule has 0 radical (unpaired) electrons. The van der Waals surface area contributed by atoms with Crippen molar-refractivity contribution >= 4 is 29.1 Å². The standard InChI is InChI=1S/C25H30N8O3/c1-32-12-20(9-28-32)29-24-22(23(26)35)27-10-21(31-24)33-11-15(14-34)8-19(13-33)30-25(36)18-6-4-17(5-7-18)16-2-3-16/h4-7,9-10,12,15-16,19,34H,2-3,8,11,13-14H2,1H3,(H2,26,35)(H,29,31)(H,30,36)/t15-,19+/m0/s1. The third-order valence-electron chi connectivity index (χ3n) is 6.64. The van der Waals surface area contributed by atoms with Crippen LogP contribution in [0.25, 0.3) is 0 Å². The van der Waals surface area contributed by atoms with E-state index >= 15 is 0 Å². The molecular weight excluding hydrogens is 460 g/mol. The van der Waals surface area contributed by atoms with Crippen LogP contribution in [0.15, 0.2) is 42.9 Å². The van der Waals surface area contributed by atoms with Crippen LogP contribution in [-0.4, -0.2) is 62.4 Å². The van der Waals surface area contributed by atoms with Crippen LogP contribution in [0, 0.1) is 5.92 Å². The molecule has 1 aliphatic heterocycles. The number of anilines is 3. The molecule has 0 unspecified atom stereocenters. The second-order valence-electron chi connectivity index (χ2n) is 9.57. The summed E-state index contributed by atoms with van der Waals surface area (Å²) in [6, 6.07) is 7.61. The molecule has 0 spiro atoms. The van der Waals surface area contributed by atoms with Crippen molar-refractivity contribution in [3.05, 3.63) is 59.7 Å². The third-order valence-corrected chi connectivity index (χ3v) is 6.64. The first-order valence-electron chi connectivity index (χ1n) is 12.1. The Kier molecular flexibility index (Phi) is 6.55. The summed E-state index contributed by atoms with van der Waals surface area (Å²) in [5, 5.41) is 20.2. The van der Waals surface area contributed by atoms with Crippen LogP contribution in [0.5, 0.6) is 0 Å². The molecule has 1 aliphatic carbocycles. The minimum atomic E-state index is -0.704. The number of aliphatic hydroxyl groups is 1. The molecule has 5 rings (SSSR count). The van der Waals surface area contributed by atoms with Gasteiger partial charge in [-0.05, 0) is 42.9 Å². The Morgan fingerprint density at radius 2 is 1.94 bits per heavy atom. The molecule has 11 heteroatoms. The Morgan fingerprint density at radius 1 is 1.17 bits per heavy atom. The van der Waals surface area contributed by atoms with E-state index in [1.807, 2.05) is 29.2 Å². The van der Waals surface area contributed by atoms with Crippen LogP contribution in [0.2, 0.25) is 0 Å². The van der Waals surface area contributed by atoms with Crippen molar-refractivity contribution in [1.82, 2.24) is 25.1 Å². The molecule has 2 atom stereocenters. The maximum atomic E-state index is 12.9. The number of rotatable bonds is 8. The maximum absolute atomic E-state index is 12.9. The van der Waals surface area contributed by atoms with E-state index in [0.29, 0.717) is 42.5 Å². The number of carbonyl (C=O) groups is 2. The summed E-state index contributed by atoms with van der Waals surface area (Å²) in [4.78, 5) is 35.7. The first-order chi connectivity index (χ1) is 17.4. The lowest BCUT2D eigenvalue weighted by atomic mass is 9.94. The molecule has 188 valence electrons. The number of aromatic nitrogens is 4. The number of amides is 2. The van der Waals surface area contributed by atoms with Gasteiger partial charge >= 0.3 is 0 Å². The van der Waals surface area contributed by atoms with Gasteiger partial charge in [-0.1, -0.05) is 12.1 Å². The van der Waals surface area contributed by atoms with Crippen LogP contribution in [-0.2, 0) is 7.05 Å². The van der Waals surface area contributed by atoms with Crippen LogP contribution < -0.4 is 21.3 Å². The average Bonchev–Trinajstić information content (AvgIpc) is 3.65. The second-order valence-corrected chi connectivity index (χ2v) is 9.57. The number of hydrogen-bond donors (Lipinski definition) is 4. The number of benzene rings is 1. The number of aliphatic hydroxyl groups excluding tert-OH is 1. The molecule has 1 aromatic carbocycles. The Hall–Kier alpha value is -3.99. The van der Waals surface area contributed by atoms with Crippen LogP contribution >= 0.6 is 0 Å². The zero-order valence-electron chi connectivity index (χ0n) is 20.1. The Morgan fingerprint density at radius 3 is 2.58 bits per heavy atom. The number of carbonyl (C=O) groups excluding carboxylic acids is 2. The first-order valence-corrected chi connectivity index (χ1v) is 12.1. The van der Waals surface area contributed by atoms with Gasteiger partial charge < -0.3 is 26.4 Å². The molecule has 2 amide bonds. The zero-order chi connectivity index (χ0) is 25.2. The summed E-state index contributed by atoms with van der Waals surface area (Å²) in [5.41, 5.74) is 8.06. The summed E-state index contributed by atoms with van der Waals surface area (Å²) in [7, 11) is 1.78.